The molecule has 90 valence electrons. The molecule has 0 saturated heterocycles. The molecule has 0 amide bonds. The second kappa shape index (κ2) is 5.89. The van der Waals surface area contributed by atoms with Gasteiger partial charge in [-0.2, -0.15) is 0 Å². The number of thioether (sulfide) groups is 1. The van der Waals surface area contributed by atoms with E-state index >= 15 is 0 Å². The number of hydrogen-bond donors (Lipinski definition) is 1. The number of benzene rings is 1. The summed E-state index contributed by atoms with van der Waals surface area (Å²) in [4.78, 5) is 4.37. The quantitative estimate of drug-likeness (QED) is 0.826. The third-order valence-corrected chi connectivity index (χ3v) is 3.75. The van der Waals surface area contributed by atoms with E-state index in [1.54, 1.807) is 11.8 Å². The fourth-order valence-electron chi connectivity index (χ4n) is 1.48. The van der Waals surface area contributed by atoms with Crippen molar-refractivity contribution in [2.24, 2.45) is 5.73 Å². The van der Waals surface area contributed by atoms with Gasteiger partial charge in [-0.25, -0.2) is 4.98 Å². The number of nitrogens with zero attached hydrogens (tertiary/aromatic N) is 2. The van der Waals surface area contributed by atoms with E-state index in [4.69, 9.17) is 5.73 Å². The lowest BCUT2D eigenvalue weighted by Gasteiger charge is -2.10. The third-order valence-electron chi connectivity index (χ3n) is 2.59. The van der Waals surface area contributed by atoms with E-state index in [1.807, 2.05) is 30.6 Å². The molecule has 2 rings (SSSR count). The normalized spacial score (nSPS) is 12.6. The van der Waals surface area contributed by atoms with Gasteiger partial charge in [-0.15, -0.1) is 0 Å². The molecule has 1 heterocycles. The Kier molecular flexibility index (Phi) is 4.23. The van der Waals surface area contributed by atoms with E-state index in [9.17, 15) is 0 Å². The van der Waals surface area contributed by atoms with Gasteiger partial charge < -0.3 is 5.73 Å². The van der Waals surface area contributed by atoms with Crippen molar-refractivity contribution in [1.82, 2.24) is 9.55 Å². The molecule has 1 atom stereocenters. The molecule has 2 N–H and O–H groups in total. The molecule has 0 aliphatic carbocycles. The lowest BCUT2D eigenvalue weighted by atomic mass is 10.3. The summed E-state index contributed by atoms with van der Waals surface area (Å²) in [5.74, 6) is 0.903. The maximum atomic E-state index is 5.92. The van der Waals surface area contributed by atoms with Crippen LogP contribution in [0.25, 0.3) is 5.69 Å². The summed E-state index contributed by atoms with van der Waals surface area (Å²) in [6, 6.07) is 10.5. The fraction of sp³-hybridized carbons (Fsp3) is 0.308. The number of imidazole rings is 1. The minimum absolute atomic E-state index is 0.237. The Hall–Kier alpha value is -1.26. The Bertz CT molecular complexity index is 453. The van der Waals surface area contributed by atoms with Crippen molar-refractivity contribution in [3.8, 4) is 5.69 Å². The predicted molar refractivity (Wildman–Crippen MR) is 72.6 cm³/mol. The second-order valence-corrected chi connectivity index (χ2v) is 4.88. The van der Waals surface area contributed by atoms with Crippen LogP contribution >= 0.6 is 11.8 Å². The molecule has 4 heteroatoms. The highest BCUT2D eigenvalue weighted by atomic mass is 32.2. The van der Waals surface area contributed by atoms with Crippen LogP contribution in [0.5, 0.6) is 0 Å². The molecular formula is C13H17N3S. The monoisotopic (exact) mass is 247 g/mol. The first-order chi connectivity index (χ1) is 8.31. The summed E-state index contributed by atoms with van der Waals surface area (Å²) in [5, 5.41) is 1.00. The summed E-state index contributed by atoms with van der Waals surface area (Å²) < 4.78 is 2.09. The highest BCUT2D eigenvalue weighted by Gasteiger charge is 2.07. The number of nitrogens with two attached hydrogens (primary N) is 1. The Balaban J connectivity index is 2.12. The molecule has 17 heavy (non-hydrogen) atoms. The van der Waals surface area contributed by atoms with Crippen molar-refractivity contribution in [3.05, 3.63) is 42.7 Å². The van der Waals surface area contributed by atoms with Gasteiger partial charge in [-0.3, -0.25) is 4.57 Å². The molecular weight excluding hydrogens is 230 g/mol. The molecule has 0 radical (unpaired) electrons. The average molecular weight is 247 g/mol. The molecule has 0 aliphatic heterocycles. The first-order valence-electron chi connectivity index (χ1n) is 5.78. The van der Waals surface area contributed by atoms with Gasteiger partial charge in [0.15, 0.2) is 5.16 Å². The van der Waals surface area contributed by atoms with Gasteiger partial charge in [-0.1, -0.05) is 36.9 Å². The average Bonchev–Trinajstić information content (AvgIpc) is 2.85. The van der Waals surface area contributed by atoms with E-state index < -0.39 is 0 Å². The molecule has 0 saturated carbocycles. The van der Waals surface area contributed by atoms with Gasteiger partial charge in [0.1, 0.15) is 0 Å². The maximum Gasteiger partial charge on any atom is 0.172 e. The SMILES string of the molecule is CC[C@H](N)CSc1nccn1-c1ccccc1. The number of para-hydroxylation sites is 1. The Morgan fingerprint density at radius 2 is 2.12 bits per heavy atom. The zero-order valence-electron chi connectivity index (χ0n) is 9.91. The van der Waals surface area contributed by atoms with Crippen LogP contribution in [-0.2, 0) is 0 Å². The smallest absolute Gasteiger partial charge is 0.172 e. The highest BCUT2D eigenvalue weighted by molar-refractivity contribution is 7.99. The van der Waals surface area contributed by atoms with Crippen molar-refractivity contribution < 1.29 is 0 Å². The zero-order valence-corrected chi connectivity index (χ0v) is 10.7. The number of rotatable bonds is 5. The van der Waals surface area contributed by atoms with Crippen LogP contribution in [-0.4, -0.2) is 21.3 Å². The Labute approximate surface area is 106 Å². The first kappa shape index (κ1) is 12.2. The van der Waals surface area contributed by atoms with Crippen molar-refractivity contribution in [2.75, 3.05) is 5.75 Å². The van der Waals surface area contributed by atoms with E-state index in [1.165, 1.54) is 0 Å². The summed E-state index contributed by atoms with van der Waals surface area (Å²) >= 11 is 1.71. The third kappa shape index (κ3) is 3.11. The molecule has 0 spiro atoms. The van der Waals surface area contributed by atoms with Gasteiger partial charge in [0, 0.05) is 29.9 Å². The van der Waals surface area contributed by atoms with Crippen LogP contribution in [0.2, 0.25) is 0 Å². The van der Waals surface area contributed by atoms with E-state index in [0.29, 0.717) is 0 Å². The zero-order chi connectivity index (χ0) is 12.1. The van der Waals surface area contributed by atoms with Crippen molar-refractivity contribution in [1.29, 1.82) is 0 Å². The molecule has 3 nitrogen and oxygen atoms in total. The molecule has 0 aliphatic rings. The van der Waals surface area contributed by atoms with E-state index in [-0.39, 0.29) is 6.04 Å². The summed E-state index contributed by atoms with van der Waals surface area (Å²) in [6.07, 6.45) is 4.81. The van der Waals surface area contributed by atoms with E-state index in [2.05, 4.69) is 28.6 Å². The molecule has 0 bridgehead atoms. The molecule has 1 aromatic heterocycles. The number of aromatic nitrogens is 2. The summed E-state index contributed by atoms with van der Waals surface area (Å²) in [6.45, 7) is 2.11. The topological polar surface area (TPSA) is 43.8 Å². The maximum absolute atomic E-state index is 5.92. The van der Waals surface area contributed by atoms with Crippen molar-refractivity contribution >= 4 is 11.8 Å². The van der Waals surface area contributed by atoms with Gasteiger partial charge >= 0.3 is 0 Å². The lowest BCUT2D eigenvalue weighted by Crippen LogP contribution is -2.21. The molecule has 0 fully saturated rings. The highest BCUT2D eigenvalue weighted by Crippen LogP contribution is 2.20. The van der Waals surface area contributed by atoms with E-state index in [0.717, 1.165) is 23.0 Å². The summed E-state index contributed by atoms with van der Waals surface area (Å²) in [7, 11) is 0. The van der Waals surface area contributed by atoms with Crippen molar-refractivity contribution in [3.63, 3.8) is 0 Å². The van der Waals surface area contributed by atoms with Crippen LogP contribution in [0, 0.1) is 0 Å². The van der Waals surface area contributed by atoms with Gasteiger partial charge in [0.05, 0.1) is 0 Å². The number of hydrogen-bond acceptors (Lipinski definition) is 3. The Morgan fingerprint density at radius 1 is 1.35 bits per heavy atom. The predicted octanol–water partition coefficient (Wildman–Crippen LogP) is 2.70. The van der Waals surface area contributed by atoms with Crippen LogP contribution in [0.15, 0.2) is 47.9 Å². The second-order valence-electron chi connectivity index (χ2n) is 3.89. The molecule has 1 aromatic carbocycles. The van der Waals surface area contributed by atoms with Gasteiger partial charge in [0.2, 0.25) is 0 Å². The van der Waals surface area contributed by atoms with Gasteiger partial charge in [0.25, 0.3) is 0 Å². The molecule has 2 aromatic rings. The van der Waals surface area contributed by atoms with Crippen LogP contribution in [0.3, 0.4) is 0 Å². The summed E-state index contributed by atoms with van der Waals surface area (Å²) in [5.41, 5.74) is 7.06. The minimum atomic E-state index is 0.237. The van der Waals surface area contributed by atoms with Crippen LogP contribution in [0.1, 0.15) is 13.3 Å². The van der Waals surface area contributed by atoms with Crippen LogP contribution < -0.4 is 5.73 Å². The van der Waals surface area contributed by atoms with Gasteiger partial charge in [-0.05, 0) is 18.6 Å². The molecule has 0 unspecified atom stereocenters. The standard InChI is InChI=1S/C13H17N3S/c1-2-11(14)10-17-13-15-8-9-16(13)12-6-4-3-5-7-12/h3-9,11H,2,10,14H2,1H3/t11-/m0/s1. The van der Waals surface area contributed by atoms with Crippen molar-refractivity contribution in [2.45, 2.75) is 24.5 Å². The Morgan fingerprint density at radius 3 is 2.82 bits per heavy atom. The minimum Gasteiger partial charge on any atom is -0.327 e. The largest absolute Gasteiger partial charge is 0.327 e. The lowest BCUT2D eigenvalue weighted by molar-refractivity contribution is 0.722. The van der Waals surface area contributed by atoms with Crippen LogP contribution in [0.4, 0.5) is 0 Å². The fourth-order valence-corrected chi connectivity index (χ4v) is 2.52. The first-order valence-corrected chi connectivity index (χ1v) is 6.77.